The third-order valence-electron chi connectivity index (χ3n) is 4.49. The van der Waals surface area contributed by atoms with E-state index in [1.54, 1.807) is 7.11 Å². The minimum absolute atomic E-state index is 0.0590. The highest BCUT2D eigenvalue weighted by molar-refractivity contribution is 5.84. The Labute approximate surface area is 137 Å². The van der Waals surface area contributed by atoms with E-state index in [0.717, 1.165) is 37.1 Å². The number of likely N-dealkylation sites (tertiary alicyclic amines) is 1. The second-order valence-electron chi connectivity index (χ2n) is 6.07. The van der Waals surface area contributed by atoms with Crippen LogP contribution in [0.15, 0.2) is 54.6 Å². The van der Waals surface area contributed by atoms with Gasteiger partial charge in [-0.3, -0.25) is 4.79 Å². The molecule has 1 atom stereocenters. The third-order valence-corrected chi connectivity index (χ3v) is 4.49. The topological polar surface area (TPSA) is 29.5 Å². The van der Waals surface area contributed by atoms with Gasteiger partial charge in [0.15, 0.2) is 0 Å². The number of carbonyl (C=O) groups excluding carboxylic acids is 1. The zero-order valence-corrected chi connectivity index (χ0v) is 13.6. The molecule has 1 aliphatic heterocycles. The monoisotopic (exact) mass is 309 g/mol. The average Bonchev–Trinajstić information content (AvgIpc) is 2.78. The molecule has 1 heterocycles. The minimum atomic E-state index is -0.0590. The van der Waals surface area contributed by atoms with Gasteiger partial charge < -0.3 is 9.64 Å². The van der Waals surface area contributed by atoms with Crippen molar-refractivity contribution < 1.29 is 9.53 Å². The third kappa shape index (κ3) is 3.73. The molecule has 0 bridgehead atoms. The summed E-state index contributed by atoms with van der Waals surface area (Å²) in [5.74, 6) is 0.991. The summed E-state index contributed by atoms with van der Waals surface area (Å²) in [6, 6.07) is 18.1. The molecule has 1 amide bonds. The number of methoxy groups -OCH3 is 1. The molecule has 2 aromatic rings. The van der Waals surface area contributed by atoms with E-state index in [-0.39, 0.29) is 11.8 Å². The predicted molar refractivity (Wildman–Crippen MR) is 91.4 cm³/mol. The first-order chi connectivity index (χ1) is 11.3. The van der Waals surface area contributed by atoms with Crippen LogP contribution in [0.3, 0.4) is 0 Å². The molecule has 0 radical (unpaired) electrons. The number of amides is 1. The van der Waals surface area contributed by atoms with Crippen LogP contribution in [0.25, 0.3) is 0 Å². The van der Waals surface area contributed by atoms with Crippen molar-refractivity contribution in [1.29, 1.82) is 0 Å². The number of carbonyl (C=O) groups is 1. The van der Waals surface area contributed by atoms with Crippen LogP contribution >= 0.6 is 0 Å². The van der Waals surface area contributed by atoms with Gasteiger partial charge in [0, 0.05) is 13.1 Å². The first kappa shape index (κ1) is 15.6. The maximum absolute atomic E-state index is 13.0. The molecule has 3 nitrogen and oxygen atoms in total. The van der Waals surface area contributed by atoms with Crippen LogP contribution in [-0.2, 0) is 11.3 Å². The lowest BCUT2D eigenvalue weighted by molar-refractivity contribution is -0.132. The van der Waals surface area contributed by atoms with Gasteiger partial charge in [-0.15, -0.1) is 0 Å². The number of hydrogen-bond donors (Lipinski definition) is 0. The Kier molecular flexibility index (Phi) is 4.96. The summed E-state index contributed by atoms with van der Waals surface area (Å²) in [6.07, 6.45) is 3.06. The first-order valence-corrected chi connectivity index (χ1v) is 8.24. The normalized spacial score (nSPS) is 18.6. The standard InChI is InChI=1S/C20H23NO2/c1-23-18-11-7-10-17(14-18)19-12-5-6-13-21(20(19)22)15-16-8-3-2-4-9-16/h2-4,7-11,14,19H,5-6,12-13,15H2,1H3. The second kappa shape index (κ2) is 7.32. The summed E-state index contributed by atoms with van der Waals surface area (Å²) in [5, 5.41) is 0. The van der Waals surface area contributed by atoms with Gasteiger partial charge in [0.1, 0.15) is 5.75 Å². The largest absolute Gasteiger partial charge is 0.497 e. The molecular formula is C20H23NO2. The van der Waals surface area contributed by atoms with Crippen molar-refractivity contribution in [3.8, 4) is 5.75 Å². The van der Waals surface area contributed by atoms with Crippen LogP contribution < -0.4 is 4.74 Å². The quantitative estimate of drug-likeness (QED) is 0.854. The fraction of sp³-hybridized carbons (Fsp3) is 0.350. The summed E-state index contributed by atoms with van der Waals surface area (Å²) in [7, 11) is 1.66. The fourth-order valence-corrected chi connectivity index (χ4v) is 3.23. The van der Waals surface area contributed by atoms with Crippen LogP contribution in [0.1, 0.15) is 36.3 Å². The Balaban J connectivity index is 1.81. The number of ether oxygens (including phenoxy) is 1. The Bertz CT molecular complexity index is 654. The van der Waals surface area contributed by atoms with Crippen LogP contribution in [0.5, 0.6) is 5.75 Å². The summed E-state index contributed by atoms with van der Waals surface area (Å²) >= 11 is 0. The van der Waals surface area contributed by atoms with Gasteiger partial charge >= 0.3 is 0 Å². The van der Waals surface area contributed by atoms with Gasteiger partial charge in [-0.25, -0.2) is 0 Å². The van der Waals surface area contributed by atoms with Crippen LogP contribution in [0.2, 0.25) is 0 Å². The maximum atomic E-state index is 13.0. The van der Waals surface area contributed by atoms with E-state index in [2.05, 4.69) is 12.1 Å². The lowest BCUT2D eigenvalue weighted by Gasteiger charge is -2.25. The molecule has 1 saturated heterocycles. The summed E-state index contributed by atoms with van der Waals surface area (Å²) < 4.78 is 5.31. The van der Waals surface area contributed by atoms with Crippen molar-refractivity contribution in [2.45, 2.75) is 31.7 Å². The number of benzene rings is 2. The van der Waals surface area contributed by atoms with Gasteiger partial charge in [-0.05, 0) is 36.1 Å². The molecule has 1 aliphatic rings. The molecule has 2 aromatic carbocycles. The Morgan fingerprint density at radius 2 is 1.91 bits per heavy atom. The summed E-state index contributed by atoms with van der Waals surface area (Å²) in [4.78, 5) is 15.0. The van der Waals surface area contributed by atoms with E-state index in [1.807, 2.05) is 47.4 Å². The van der Waals surface area contributed by atoms with Crippen molar-refractivity contribution in [3.63, 3.8) is 0 Å². The summed E-state index contributed by atoms with van der Waals surface area (Å²) in [5.41, 5.74) is 2.25. The molecule has 0 aromatic heterocycles. The molecule has 23 heavy (non-hydrogen) atoms. The van der Waals surface area contributed by atoms with E-state index in [9.17, 15) is 4.79 Å². The molecule has 120 valence electrons. The Morgan fingerprint density at radius 3 is 2.70 bits per heavy atom. The fourth-order valence-electron chi connectivity index (χ4n) is 3.23. The van der Waals surface area contributed by atoms with Crippen molar-refractivity contribution in [2.24, 2.45) is 0 Å². The van der Waals surface area contributed by atoms with Gasteiger partial charge in [0.25, 0.3) is 0 Å². The number of nitrogens with zero attached hydrogens (tertiary/aromatic N) is 1. The highest BCUT2D eigenvalue weighted by Crippen LogP contribution is 2.30. The first-order valence-electron chi connectivity index (χ1n) is 8.24. The molecule has 0 N–H and O–H groups in total. The lowest BCUT2D eigenvalue weighted by atomic mass is 9.93. The van der Waals surface area contributed by atoms with Crippen LogP contribution in [0, 0.1) is 0 Å². The SMILES string of the molecule is COc1cccc(C2CCCCN(Cc3ccccc3)C2=O)c1. The van der Waals surface area contributed by atoms with Gasteiger partial charge in [-0.1, -0.05) is 48.9 Å². The van der Waals surface area contributed by atoms with Crippen molar-refractivity contribution in [1.82, 2.24) is 4.90 Å². The van der Waals surface area contributed by atoms with E-state index < -0.39 is 0 Å². The average molecular weight is 309 g/mol. The molecule has 1 fully saturated rings. The van der Waals surface area contributed by atoms with E-state index in [4.69, 9.17) is 4.74 Å². The smallest absolute Gasteiger partial charge is 0.230 e. The van der Waals surface area contributed by atoms with Crippen LogP contribution in [0.4, 0.5) is 0 Å². The Morgan fingerprint density at radius 1 is 1.09 bits per heavy atom. The van der Waals surface area contributed by atoms with Crippen LogP contribution in [-0.4, -0.2) is 24.5 Å². The van der Waals surface area contributed by atoms with Crippen molar-refractivity contribution in [3.05, 3.63) is 65.7 Å². The molecule has 1 unspecified atom stereocenters. The van der Waals surface area contributed by atoms with E-state index in [1.165, 1.54) is 5.56 Å². The Hall–Kier alpha value is -2.29. The zero-order valence-electron chi connectivity index (χ0n) is 13.6. The van der Waals surface area contributed by atoms with Crippen molar-refractivity contribution in [2.75, 3.05) is 13.7 Å². The second-order valence-corrected chi connectivity index (χ2v) is 6.07. The molecule has 0 saturated carbocycles. The summed E-state index contributed by atoms with van der Waals surface area (Å²) in [6.45, 7) is 1.54. The number of hydrogen-bond acceptors (Lipinski definition) is 2. The lowest BCUT2D eigenvalue weighted by Crippen LogP contribution is -2.33. The van der Waals surface area contributed by atoms with Gasteiger partial charge in [-0.2, -0.15) is 0 Å². The van der Waals surface area contributed by atoms with Gasteiger partial charge in [0.05, 0.1) is 13.0 Å². The van der Waals surface area contributed by atoms with E-state index in [0.29, 0.717) is 6.54 Å². The molecule has 0 aliphatic carbocycles. The van der Waals surface area contributed by atoms with E-state index >= 15 is 0 Å². The van der Waals surface area contributed by atoms with Gasteiger partial charge in [0.2, 0.25) is 5.91 Å². The maximum Gasteiger partial charge on any atom is 0.230 e. The molecular weight excluding hydrogens is 286 g/mol. The molecule has 3 heteroatoms. The highest BCUT2D eigenvalue weighted by atomic mass is 16.5. The minimum Gasteiger partial charge on any atom is -0.497 e. The predicted octanol–water partition coefficient (Wildman–Crippen LogP) is 3.99. The molecule has 0 spiro atoms. The highest BCUT2D eigenvalue weighted by Gasteiger charge is 2.28. The molecule has 3 rings (SSSR count). The van der Waals surface area contributed by atoms with Crippen molar-refractivity contribution >= 4 is 5.91 Å². The zero-order chi connectivity index (χ0) is 16.1. The number of rotatable bonds is 4.